The molecule has 2 fully saturated rings. The van der Waals surface area contributed by atoms with Crippen molar-refractivity contribution in [2.45, 2.75) is 56.8 Å². The summed E-state index contributed by atoms with van der Waals surface area (Å²) in [5.41, 5.74) is 5.90. The van der Waals surface area contributed by atoms with Gasteiger partial charge in [-0.25, -0.2) is 18.0 Å². The lowest BCUT2D eigenvalue weighted by molar-refractivity contribution is -0.156. The third kappa shape index (κ3) is 8.36. The van der Waals surface area contributed by atoms with E-state index in [9.17, 15) is 22.9 Å². The van der Waals surface area contributed by atoms with Crippen molar-refractivity contribution in [1.29, 1.82) is 0 Å². The Morgan fingerprint density at radius 1 is 1.20 bits per heavy atom. The number of aliphatic hydroxyl groups excluding tert-OH is 1. The lowest BCUT2D eigenvalue weighted by Crippen LogP contribution is -2.57. The number of fused-ring (bicyclic) bond motifs is 1. The van der Waals surface area contributed by atoms with Gasteiger partial charge < -0.3 is 24.8 Å². The molecule has 0 radical (unpaired) electrons. The van der Waals surface area contributed by atoms with Gasteiger partial charge in [-0.1, -0.05) is 53.2 Å². The van der Waals surface area contributed by atoms with Crippen LogP contribution >= 0.6 is 23.7 Å². The predicted molar refractivity (Wildman–Crippen MR) is 189 cm³/mol. The van der Waals surface area contributed by atoms with Gasteiger partial charge in [-0.05, 0) is 49.1 Å². The molecule has 17 nitrogen and oxygen atoms in total. The Morgan fingerprint density at radius 2 is 1.90 bits per heavy atom. The number of esters is 1. The molecule has 5 N–H and O–H groups in total. The first-order chi connectivity index (χ1) is 24.2. The minimum atomic E-state index is -4.33. The molecule has 1 saturated heterocycles. The Labute approximate surface area is 302 Å². The maximum Gasteiger partial charge on any atom is 0.459 e. The summed E-state index contributed by atoms with van der Waals surface area (Å²) in [4.78, 5) is 28.6. The van der Waals surface area contributed by atoms with Crippen LogP contribution < -0.4 is 25.2 Å². The normalized spacial score (nSPS) is 22.6. The average Bonchev–Trinajstić information content (AvgIpc) is 3.60. The number of nitrogens with two attached hydrogens (primary N) is 1. The first-order valence-corrected chi connectivity index (χ1v) is 20.1. The van der Waals surface area contributed by atoms with E-state index in [-0.39, 0.29) is 35.3 Å². The molecule has 1 aliphatic heterocycles. The number of ether oxygens (including phenoxy) is 2. The maximum absolute atomic E-state index is 14.5. The van der Waals surface area contributed by atoms with Crippen molar-refractivity contribution in [3.8, 4) is 5.75 Å². The highest BCUT2D eigenvalue weighted by atomic mass is 79.9. The number of imidazole rings is 1. The fourth-order valence-electron chi connectivity index (χ4n) is 5.88. The molecule has 3 heterocycles. The second-order valence-electron chi connectivity index (χ2n) is 12.5. The number of halogens is 1. The Balaban J connectivity index is 1.21. The Bertz CT molecular complexity index is 2040. The quantitative estimate of drug-likeness (QED) is 0.0814. The van der Waals surface area contributed by atoms with E-state index in [0.717, 1.165) is 21.3 Å². The van der Waals surface area contributed by atoms with Crippen LogP contribution in [0.1, 0.15) is 38.0 Å². The lowest BCUT2D eigenvalue weighted by Gasteiger charge is -2.41. The highest BCUT2D eigenvalue weighted by Gasteiger charge is 2.52. The van der Waals surface area contributed by atoms with Gasteiger partial charge in [0, 0.05) is 17.4 Å². The summed E-state index contributed by atoms with van der Waals surface area (Å²) >= 11 is 3.37. The van der Waals surface area contributed by atoms with Crippen molar-refractivity contribution in [1.82, 2.24) is 29.4 Å². The molecule has 2 aromatic heterocycles. The second-order valence-corrected chi connectivity index (χ2v) is 16.8. The number of anilines is 2. The van der Waals surface area contributed by atoms with Gasteiger partial charge >= 0.3 is 13.7 Å². The van der Waals surface area contributed by atoms with Gasteiger partial charge in [-0.3, -0.25) is 18.9 Å². The summed E-state index contributed by atoms with van der Waals surface area (Å²) in [6.07, 6.45) is 0.798. The number of aliphatic hydroxyl groups is 1. The number of hydrazine groups is 1. The molecule has 1 aliphatic carbocycles. The zero-order valence-corrected chi connectivity index (χ0v) is 31.2. The first-order valence-electron chi connectivity index (χ1n) is 15.9. The number of carbonyl (C=O) groups is 1. The van der Waals surface area contributed by atoms with Gasteiger partial charge in [-0.2, -0.15) is 15.1 Å². The van der Waals surface area contributed by atoms with Crippen LogP contribution in [0.15, 0.2) is 65.4 Å². The molecule has 0 amide bonds. The SMILES string of the molecule is C[C@@H]1C(n2cnc3c(N(C)NS(C)(=O)=O)nc(N)nc32)OC(COP(=O)(NC2(C(=O)OCc3ccccc3)CCC2)Oc2ccc(Br)cc2)[C@H]1O. The summed E-state index contributed by atoms with van der Waals surface area (Å²) in [5, 5.41) is 15.3. The highest BCUT2D eigenvalue weighted by Crippen LogP contribution is 2.51. The van der Waals surface area contributed by atoms with E-state index in [0.29, 0.717) is 19.3 Å². The number of hydrogen-bond acceptors (Lipinski definition) is 14. The number of aromatic nitrogens is 4. The number of nitrogen functional groups attached to an aromatic ring is 1. The van der Waals surface area contributed by atoms with Gasteiger partial charge in [-0.15, -0.1) is 4.83 Å². The van der Waals surface area contributed by atoms with Crippen molar-refractivity contribution in [2.24, 2.45) is 5.92 Å². The molecule has 2 aromatic carbocycles. The van der Waals surface area contributed by atoms with Crippen LogP contribution in [0.4, 0.5) is 11.8 Å². The fraction of sp³-hybridized carbons (Fsp3) is 0.419. The number of hydrogen-bond donors (Lipinski definition) is 4. The van der Waals surface area contributed by atoms with E-state index < -0.39 is 60.2 Å². The summed E-state index contributed by atoms with van der Waals surface area (Å²) in [6.45, 7) is 1.38. The summed E-state index contributed by atoms with van der Waals surface area (Å²) in [6, 6.07) is 15.8. The Hall–Kier alpha value is -3.68. The number of benzene rings is 2. The van der Waals surface area contributed by atoms with Crippen molar-refractivity contribution < 1.29 is 41.4 Å². The van der Waals surface area contributed by atoms with E-state index in [1.54, 1.807) is 35.8 Å². The molecule has 1 saturated carbocycles. The molecule has 3 unspecified atom stereocenters. The molecule has 0 bridgehead atoms. The number of rotatable bonds is 14. The number of carbonyl (C=O) groups excluding carboxylic acids is 1. The fourth-order valence-corrected chi connectivity index (χ4v) is 8.47. The summed E-state index contributed by atoms with van der Waals surface area (Å²) < 4.78 is 64.3. The van der Waals surface area contributed by atoms with Crippen LogP contribution in [0.5, 0.6) is 5.75 Å². The van der Waals surface area contributed by atoms with Gasteiger partial charge in [0.25, 0.3) is 0 Å². The van der Waals surface area contributed by atoms with Gasteiger partial charge in [0.15, 0.2) is 17.0 Å². The minimum absolute atomic E-state index is 0.0364. The molecule has 4 aromatic rings. The monoisotopic (exact) mass is 808 g/mol. The van der Waals surface area contributed by atoms with Gasteiger partial charge in [0.2, 0.25) is 16.0 Å². The smallest absolute Gasteiger partial charge is 0.459 e. The van der Waals surface area contributed by atoms with Gasteiger partial charge in [0.05, 0.1) is 25.3 Å². The molecule has 0 spiro atoms. The van der Waals surface area contributed by atoms with Crippen molar-refractivity contribution in [2.75, 3.05) is 30.7 Å². The number of nitrogens with one attached hydrogen (secondary N) is 2. The van der Waals surface area contributed by atoms with Gasteiger partial charge in [0.1, 0.15) is 30.2 Å². The third-order valence-electron chi connectivity index (χ3n) is 8.61. The van der Waals surface area contributed by atoms with Crippen LogP contribution in [0, 0.1) is 5.92 Å². The summed E-state index contributed by atoms with van der Waals surface area (Å²) in [5.74, 6) is -0.993. The molecule has 20 heteroatoms. The van der Waals surface area contributed by atoms with Crippen molar-refractivity contribution in [3.63, 3.8) is 0 Å². The van der Waals surface area contributed by atoms with Crippen molar-refractivity contribution >= 4 is 62.6 Å². The Kier molecular flexibility index (Phi) is 10.7. The maximum atomic E-state index is 14.5. The van der Waals surface area contributed by atoms with Crippen LogP contribution in [-0.4, -0.2) is 76.7 Å². The van der Waals surface area contributed by atoms with Crippen LogP contribution in [0.25, 0.3) is 11.2 Å². The predicted octanol–water partition coefficient (Wildman–Crippen LogP) is 3.43. The van der Waals surface area contributed by atoms with Crippen LogP contribution in [-0.2, 0) is 40.0 Å². The molecule has 6 rings (SSSR count). The van der Waals surface area contributed by atoms with Crippen molar-refractivity contribution in [3.05, 3.63) is 71.0 Å². The number of sulfonamides is 1. The van der Waals surface area contributed by atoms with E-state index in [1.807, 2.05) is 30.3 Å². The van der Waals surface area contributed by atoms with Crippen LogP contribution in [0.3, 0.4) is 0 Å². The van der Waals surface area contributed by atoms with Crippen LogP contribution in [0.2, 0.25) is 0 Å². The second kappa shape index (κ2) is 14.7. The molecule has 2 aliphatic rings. The third-order valence-corrected chi connectivity index (χ3v) is 11.4. The lowest BCUT2D eigenvalue weighted by atomic mass is 9.78. The highest BCUT2D eigenvalue weighted by molar-refractivity contribution is 9.10. The first kappa shape index (κ1) is 37.1. The molecule has 51 heavy (non-hydrogen) atoms. The summed E-state index contributed by atoms with van der Waals surface area (Å²) in [7, 11) is -6.54. The van der Waals surface area contributed by atoms with E-state index in [2.05, 4.69) is 40.8 Å². The molecule has 274 valence electrons. The van der Waals surface area contributed by atoms with E-state index in [4.69, 9.17) is 24.3 Å². The largest absolute Gasteiger partial charge is 0.459 e. The molecular weight excluding hydrogens is 771 g/mol. The molecular formula is C31H38BrN8O9PS. The zero-order chi connectivity index (χ0) is 36.6. The van der Waals surface area contributed by atoms with E-state index in [1.165, 1.54) is 13.4 Å². The standard InChI is InChI=1S/C31H38BrN8O9PS/c1-19-25(41)23(48-28(19)40-18-34-24-26(35-30(33)36-27(24)40)39(2)38-51(3,44)45)17-47-50(43,49-22-12-10-21(32)11-13-22)37-31(14-7-15-31)29(42)46-16-20-8-5-4-6-9-20/h4-6,8-13,18-19,23,25,28,38,41H,7,14-17H2,1-3H3,(H,37,43)(H2,33,35,36)/t19-,23?,25-,28?,50?/m0/s1. The molecule has 5 atom stereocenters. The number of nitrogens with zero attached hydrogens (tertiary/aromatic N) is 5. The minimum Gasteiger partial charge on any atom is -0.459 e. The Morgan fingerprint density at radius 3 is 2.55 bits per heavy atom. The van der Waals surface area contributed by atoms with E-state index >= 15 is 0 Å². The zero-order valence-electron chi connectivity index (χ0n) is 27.9. The topological polar surface area (TPSA) is 222 Å². The average molecular weight is 810 g/mol.